The second-order valence-corrected chi connectivity index (χ2v) is 6.39. The minimum atomic E-state index is -0.550. The molecule has 0 radical (unpaired) electrons. The Bertz CT molecular complexity index is 788. The minimum Gasteiger partial charge on any atom is -0.388 e. The molecule has 0 spiro atoms. The van der Waals surface area contributed by atoms with Crippen LogP contribution in [0.1, 0.15) is 22.8 Å². The van der Waals surface area contributed by atoms with Crippen LogP contribution < -0.4 is 0 Å². The Balaban J connectivity index is 1.76. The van der Waals surface area contributed by atoms with E-state index in [-0.39, 0.29) is 0 Å². The second kappa shape index (κ2) is 6.93. The monoisotopic (exact) mass is 326 g/mol. The highest BCUT2D eigenvalue weighted by atomic mass is 32.2. The molecule has 0 unspecified atom stereocenters. The fraction of sp³-hybridized carbons (Fsp3) is 0.235. The summed E-state index contributed by atoms with van der Waals surface area (Å²) in [4.78, 5) is 0. The van der Waals surface area contributed by atoms with Gasteiger partial charge in [0.2, 0.25) is 5.16 Å². The first-order valence-corrected chi connectivity index (χ1v) is 8.35. The first-order chi connectivity index (χ1) is 11.1. The van der Waals surface area contributed by atoms with Crippen LogP contribution >= 0.6 is 11.8 Å². The van der Waals surface area contributed by atoms with Gasteiger partial charge in [0.05, 0.1) is 11.8 Å². The minimum absolute atomic E-state index is 0.495. The van der Waals surface area contributed by atoms with Crippen molar-refractivity contribution in [2.45, 2.75) is 25.1 Å². The number of thioether (sulfide) groups is 1. The normalized spacial score (nSPS) is 12.3. The number of aryl methyl sites for hydroxylation is 2. The molecular formula is C17H18N4OS. The number of hydrogen-bond donors (Lipinski definition) is 1. The Hall–Kier alpha value is -2.18. The zero-order valence-electron chi connectivity index (χ0n) is 13.0. The molecule has 23 heavy (non-hydrogen) atoms. The third kappa shape index (κ3) is 3.60. The van der Waals surface area contributed by atoms with Crippen LogP contribution in [0.25, 0.3) is 5.69 Å². The summed E-state index contributed by atoms with van der Waals surface area (Å²) >= 11 is 1.44. The van der Waals surface area contributed by atoms with Crippen molar-refractivity contribution in [2.24, 2.45) is 0 Å². The van der Waals surface area contributed by atoms with Crippen LogP contribution in [0.3, 0.4) is 0 Å². The molecule has 0 saturated carbocycles. The number of rotatable bonds is 5. The molecule has 0 saturated heterocycles. The van der Waals surface area contributed by atoms with E-state index in [1.54, 1.807) is 4.68 Å². The van der Waals surface area contributed by atoms with Crippen molar-refractivity contribution in [1.82, 2.24) is 20.2 Å². The topological polar surface area (TPSA) is 63.8 Å². The fourth-order valence-corrected chi connectivity index (χ4v) is 3.24. The Morgan fingerprint density at radius 3 is 2.65 bits per heavy atom. The van der Waals surface area contributed by atoms with Gasteiger partial charge >= 0.3 is 0 Å². The quantitative estimate of drug-likeness (QED) is 0.730. The molecule has 3 rings (SSSR count). The Morgan fingerprint density at radius 1 is 1.13 bits per heavy atom. The van der Waals surface area contributed by atoms with Crippen molar-refractivity contribution in [3.8, 4) is 5.69 Å². The van der Waals surface area contributed by atoms with Crippen LogP contribution in [0.2, 0.25) is 0 Å². The lowest BCUT2D eigenvalue weighted by Crippen LogP contribution is -2.04. The number of aliphatic hydroxyl groups excluding tert-OH is 1. The molecule has 1 aromatic heterocycles. The van der Waals surface area contributed by atoms with E-state index in [4.69, 9.17) is 0 Å². The first-order valence-electron chi connectivity index (χ1n) is 7.37. The molecule has 1 N–H and O–H groups in total. The van der Waals surface area contributed by atoms with Gasteiger partial charge in [-0.2, -0.15) is 4.68 Å². The molecule has 0 aliphatic rings. The highest BCUT2D eigenvalue weighted by Gasteiger charge is 2.14. The summed E-state index contributed by atoms with van der Waals surface area (Å²) < 4.78 is 1.72. The van der Waals surface area contributed by atoms with Gasteiger partial charge in [-0.3, -0.25) is 0 Å². The summed E-state index contributed by atoms with van der Waals surface area (Å²) in [5, 5.41) is 22.9. The van der Waals surface area contributed by atoms with Crippen LogP contribution in [-0.4, -0.2) is 31.1 Å². The van der Waals surface area contributed by atoms with E-state index in [0.717, 1.165) is 16.8 Å². The van der Waals surface area contributed by atoms with Gasteiger partial charge in [0.15, 0.2) is 0 Å². The molecule has 0 amide bonds. The summed E-state index contributed by atoms with van der Waals surface area (Å²) in [5.74, 6) is 0.495. The molecule has 118 valence electrons. The van der Waals surface area contributed by atoms with Crippen molar-refractivity contribution in [3.05, 3.63) is 65.2 Å². The fourth-order valence-electron chi connectivity index (χ4n) is 2.39. The summed E-state index contributed by atoms with van der Waals surface area (Å²) in [6.45, 7) is 4.10. The lowest BCUT2D eigenvalue weighted by atomic mass is 10.1. The molecular weight excluding hydrogens is 308 g/mol. The van der Waals surface area contributed by atoms with Crippen LogP contribution in [0, 0.1) is 13.8 Å². The van der Waals surface area contributed by atoms with Crippen LogP contribution in [-0.2, 0) is 0 Å². The number of tetrazole rings is 1. The summed E-state index contributed by atoms with van der Waals surface area (Å²) in [7, 11) is 0. The van der Waals surface area contributed by atoms with Crippen LogP contribution in [0.15, 0.2) is 53.7 Å². The molecule has 1 heterocycles. The molecule has 3 aromatic rings. The van der Waals surface area contributed by atoms with Gasteiger partial charge in [-0.15, -0.1) is 5.10 Å². The third-order valence-electron chi connectivity index (χ3n) is 3.58. The second-order valence-electron chi connectivity index (χ2n) is 5.40. The predicted octanol–water partition coefficient (Wildman–Crippen LogP) is 3.10. The highest BCUT2D eigenvalue weighted by molar-refractivity contribution is 7.99. The van der Waals surface area contributed by atoms with E-state index in [2.05, 4.69) is 28.5 Å². The predicted molar refractivity (Wildman–Crippen MR) is 90.8 cm³/mol. The van der Waals surface area contributed by atoms with E-state index >= 15 is 0 Å². The summed E-state index contributed by atoms with van der Waals surface area (Å²) in [6.07, 6.45) is -0.550. The third-order valence-corrected chi connectivity index (χ3v) is 4.57. The molecule has 1 atom stereocenters. The number of aliphatic hydroxyl groups is 1. The Labute approximate surface area is 139 Å². The molecule has 5 nitrogen and oxygen atoms in total. The van der Waals surface area contributed by atoms with E-state index in [9.17, 15) is 5.11 Å². The SMILES string of the molecule is Cc1ccc(-n2nnnc2SC[C@H](O)c2ccccc2)c(C)c1. The van der Waals surface area contributed by atoms with Gasteiger partial charge < -0.3 is 5.11 Å². The number of hydrogen-bond acceptors (Lipinski definition) is 5. The van der Waals surface area contributed by atoms with Crippen molar-refractivity contribution >= 4 is 11.8 Å². The van der Waals surface area contributed by atoms with Gasteiger partial charge in [0.1, 0.15) is 0 Å². The van der Waals surface area contributed by atoms with Crippen LogP contribution in [0.4, 0.5) is 0 Å². The van der Waals surface area contributed by atoms with Gasteiger partial charge in [0.25, 0.3) is 0 Å². The number of aromatic nitrogens is 4. The maximum absolute atomic E-state index is 10.3. The van der Waals surface area contributed by atoms with E-state index in [1.165, 1.54) is 17.3 Å². The summed E-state index contributed by atoms with van der Waals surface area (Å²) in [5.41, 5.74) is 4.17. The maximum atomic E-state index is 10.3. The van der Waals surface area contributed by atoms with Gasteiger partial charge in [0, 0.05) is 5.75 Å². The largest absolute Gasteiger partial charge is 0.388 e. The Kier molecular flexibility index (Phi) is 4.73. The van der Waals surface area contributed by atoms with Crippen molar-refractivity contribution in [2.75, 3.05) is 5.75 Å². The zero-order valence-corrected chi connectivity index (χ0v) is 13.9. The first kappa shape index (κ1) is 15.7. The van der Waals surface area contributed by atoms with E-state index in [1.807, 2.05) is 49.4 Å². The average molecular weight is 326 g/mol. The highest BCUT2D eigenvalue weighted by Crippen LogP contribution is 2.25. The lowest BCUT2D eigenvalue weighted by Gasteiger charge is -2.11. The van der Waals surface area contributed by atoms with Crippen molar-refractivity contribution in [1.29, 1.82) is 0 Å². The standard InChI is InChI=1S/C17H18N4OS/c1-12-8-9-15(13(2)10-12)21-17(18-19-20-21)23-11-16(22)14-6-4-3-5-7-14/h3-10,16,22H,11H2,1-2H3/t16-/m0/s1. The summed E-state index contributed by atoms with van der Waals surface area (Å²) in [6, 6.07) is 15.8. The average Bonchev–Trinajstić information content (AvgIpc) is 3.01. The molecule has 0 bridgehead atoms. The van der Waals surface area contributed by atoms with Gasteiger partial charge in [-0.1, -0.05) is 59.8 Å². The zero-order chi connectivity index (χ0) is 16.2. The Morgan fingerprint density at radius 2 is 1.91 bits per heavy atom. The molecule has 6 heteroatoms. The lowest BCUT2D eigenvalue weighted by molar-refractivity contribution is 0.204. The molecule has 0 fully saturated rings. The smallest absolute Gasteiger partial charge is 0.214 e. The maximum Gasteiger partial charge on any atom is 0.214 e. The van der Waals surface area contributed by atoms with E-state index in [0.29, 0.717) is 10.9 Å². The molecule has 2 aromatic carbocycles. The van der Waals surface area contributed by atoms with Gasteiger partial charge in [-0.05, 0) is 41.5 Å². The molecule has 0 aliphatic carbocycles. The van der Waals surface area contributed by atoms with Crippen molar-refractivity contribution in [3.63, 3.8) is 0 Å². The molecule has 0 aliphatic heterocycles. The number of nitrogens with zero attached hydrogens (tertiary/aromatic N) is 4. The van der Waals surface area contributed by atoms with Crippen molar-refractivity contribution < 1.29 is 5.11 Å². The number of benzene rings is 2. The van der Waals surface area contributed by atoms with E-state index < -0.39 is 6.10 Å². The van der Waals surface area contributed by atoms with Crippen LogP contribution in [0.5, 0.6) is 0 Å². The van der Waals surface area contributed by atoms with Gasteiger partial charge in [-0.25, -0.2) is 0 Å².